The summed E-state index contributed by atoms with van der Waals surface area (Å²) in [7, 11) is 0. The molecule has 1 heterocycles. The summed E-state index contributed by atoms with van der Waals surface area (Å²) in [4.78, 5) is 2.94. The highest BCUT2D eigenvalue weighted by atomic mass is 35.5. The number of hydrogen-bond acceptors (Lipinski definition) is 4. The van der Waals surface area contributed by atoms with Crippen molar-refractivity contribution in [2.24, 2.45) is 0 Å². The van der Waals surface area contributed by atoms with E-state index >= 15 is 0 Å². The number of rotatable bonds is 6. The lowest BCUT2D eigenvalue weighted by Crippen LogP contribution is -2.37. The largest absolute Gasteiger partial charge is 0.593 e. The molecule has 0 bridgehead atoms. The first kappa shape index (κ1) is 20.9. The van der Waals surface area contributed by atoms with Gasteiger partial charge in [0.2, 0.25) is 0 Å². The second kappa shape index (κ2) is 9.65. The van der Waals surface area contributed by atoms with Crippen molar-refractivity contribution in [1.82, 2.24) is 9.62 Å². The SMILES string of the molecule is N#Cc1cc([S+]([O-])N[C@@H]2CCN(Cc3ccc(-c4ccccc4)cc3)C2)ccc1Cl. The maximum Gasteiger partial charge on any atom is 0.175 e. The van der Waals surface area contributed by atoms with Crippen molar-refractivity contribution in [2.75, 3.05) is 13.1 Å². The van der Waals surface area contributed by atoms with Gasteiger partial charge in [0.15, 0.2) is 4.90 Å². The normalized spacial score (nSPS) is 17.6. The van der Waals surface area contributed by atoms with Crippen LogP contribution in [0.1, 0.15) is 17.5 Å². The fourth-order valence-corrected chi connectivity index (χ4v) is 4.90. The maximum atomic E-state index is 12.6. The predicted molar refractivity (Wildman–Crippen MR) is 121 cm³/mol. The third-order valence-electron chi connectivity index (χ3n) is 5.29. The van der Waals surface area contributed by atoms with Gasteiger partial charge in [-0.15, -0.1) is 4.72 Å². The highest BCUT2D eigenvalue weighted by molar-refractivity contribution is 7.89. The van der Waals surface area contributed by atoms with E-state index in [9.17, 15) is 4.55 Å². The lowest BCUT2D eigenvalue weighted by Gasteiger charge is -2.18. The summed E-state index contributed by atoms with van der Waals surface area (Å²) in [6.07, 6.45) is 0.937. The number of nitrogens with zero attached hydrogens (tertiary/aromatic N) is 2. The number of likely N-dealkylation sites (tertiary alicyclic amines) is 1. The van der Waals surface area contributed by atoms with Gasteiger partial charge in [0.05, 0.1) is 28.0 Å². The zero-order valence-corrected chi connectivity index (χ0v) is 18.0. The summed E-state index contributed by atoms with van der Waals surface area (Å²) in [5.41, 5.74) is 4.05. The molecule has 0 spiro atoms. The van der Waals surface area contributed by atoms with Crippen molar-refractivity contribution in [3.05, 3.63) is 88.9 Å². The van der Waals surface area contributed by atoms with Crippen LogP contribution in [0, 0.1) is 11.3 Å². The van der Waals surface area contributed by atoms with E-state index in [-0.39, 0.29) is 6.04 Å². The van der Waals surface area contributed by atoms with Crippen LogP contribution in [0.15, 0.2) is 77.7 Å². The van der Waals surface area contributed by atoms with Gasteiger partial charge in [-0.3, -0.25) is 4.90 Å². The van der Waals surface area contributed by atoms with Crippen LogP contribution in [0.3, 0.4) is 0 Å². The van der Waals surface area contributed by atoms with Crippen LogP contribution in [0.25, 0.3) is 11.1 Å². The summed E-state index contributed by atoms with van der Waals surface area (Å²) in [5.74, 6) is 0. The quantitative estimate of drug-likeness (QED) is 0.567. The van der Waals surface area contributed by atoms with Crippen molar-refractivity contribution in [3.63, 3.8) is 0 Å². The maximum absolute atomic E-state index is 12.6. The van der Waals surface area contributed by atoms with Crippen molar-refractivity contribution < 1.29 is 4.55 Å². The summed E-state index contributed by atoms with van der Waals surface area (Å²) in [6, 6.07) is 26.1. The first-order chi connectivity index (χ1) is 14.6. The van der Waals surface area contributed by atoms with Gasteiger partial charge in [-0.05, 0) is 35.2 Å². The zero-order chi connectivity index (χ0) is 20.9. The monoisotopic (exact) mass is 435 g/mol. The molecule has 1 saturated heterocycles. The third kappa shape index (κ3) is 5.04. The Labute approximate surface area is 185 Å². The molecule has 1 fully saturated rings. The minimum absolute atomic E-state index is 0.149. The number of hydrogen-bond donors (Lipinski definition) is 1. The smallest absolute Gasteiger partial charge is 0.175 e. The van der Waals surface area contributed by atoms with Crippen LogP contribution in [0.2, 0.25) is 5.02 Å². The van der Waals surface area contributed by atoms with Crippen LogP contribution in [-0.2, 0) is 17.9 Å². The van der Waals surface area contributed by atoms with Gasteiger partial charge < -0.3 is 4.55 Å². The lowest BCUT2D eigenvalue weighted by molar-refractivity contribution is 0.324. The Kier molecular flexibility index (Phi) is 6.73. The molecule has 0 amide bonds. The molecular formula is C24H22ClN3OS. The van der Waals surface area contributed by atoms with Gasteiger partial charge in [-0.2, -0.15) is 5.26 Å². The molecule has 30 heavy (non-hydrogen) atoms. The average molecular weight is 436 g/mol. The standard InChI is InChI=1S/C24H22ClN3OS/c25-24-11-10-23(14-21(24)15-26)30(29)27-22-12-13-28(17-22)16-18-6-8-20(9-7-18)19-4-2-1-3-5-19/h1-11,14,22,27H,12-13,16-17H2/t22-,30?/m1/s1. The molecule has 3 aromatic rings. The number of nitrogens with one attached hydrogen (secondary N) is 1. The molecule has 2 atom stereocenters. The van der Waals surface area contributed by atoms with E-state index in [1.165, 1.54) is 16.7 Å². The van der Waals surface area contributed by atoms with Crippen LogP contribution in [0.4, 0.5) is 0 Å². The first-order valence-corrected chi connectivity index (χ1v) is 11.4. The predicted octanol–water partition coefficient (Wildman–Crippen LogP) is 4.77. The molecule has 4 nitrogen and oxygen atoms in total. The van der Waals surface area contributed by atoms with E-state index in [0.717, 1.165) is 26.1 Å². The average Bonchev–Trinajstić information content (AvgIpc) is 3.21. The second-order valence-electron chi connectivity index (χ2n) is 7.42. The molecule has 0 aromatic heterocycles. The minimum Gasteiger partial charge on any atom is -0.593 e. The Morgan fingerprint density at radius 3 is 2.53 bits per heavy atom. The first-order valence-electron chi connectivity index (χ1n) is 9.86. The molecule has 4 rings (SSSR count). The molecule has 0 radical (unpaired) electrons. The van der Waals surface area contributed by atoms with Gasteiger partial charge in [0.25, 0.3) is 0 Å². The fourth-order valence-electron chi connectivity index (χ4n) is 3.69. The molecule has 1 N–H and O–H groups in total. The molecule has 6 heteroatoms. The molecular weight excluding hydrogens is 414 g/mol. The highest BCUT2D eigenvalue weighted by Gasteiger charge is 2.27. The summed E-state index contributed by atoms with van der Waals surface area (Å²) >= 11 is 4.60. The Morgan fingerprint density at radius 1 is 1.07 bits per heavy atom. The summed E-state index contributed by atoms with van der Waals surface area (Å²) in [6.45, 7) is 2.67. The van der Waals surface area contributed by atoms with Crippen molar-refractivity contribution >= 4 is 23.0 Å². The molecule has 1 aliphatic heterocycles. The highest BCUT2D eigenvalue weighted by Crippen LogP contribution is 2.23. The molecule has 1 aliphatic rings. The van der Waals surface area contributed by atoms with Crippen LogP contribution < -0.4 is 4.72 Å². The summed E-state index contributed by atoms with van der Waals surface area (Å²) in [5, 5.41) is 9.48. The van der Waals surface area contributed by atoms with Gasteiger partial charge >= 0.3 is 0 Å². The van der Waals surface area contributed by atoms with Gasteiger partial charge in [-0.25, -0.2) is 0 Å². The lowest BCUT2D eigenvalue weighted by atomic mass is 10.0. The Hall–Kier alpha value is -2.33. The molecule has 0 aliphatic carbocycles. The number of halogens is 1. The van der Waals surface area contributed by atoms with Crippen LogP contribution in [0.5, 0.6) is 0 Å². The molecule has 1 unspecified atom stereocenters. The zero-order valence-electron chi connectivity index (χ0n) is 16.4. The summed E-state index contributed by atoms with van der Waals surface area (Å²) < 4.78 is 15.8. The second-order valence-corrected chi connectivity index (χ2v) is 9.08. The number of nitriles is 1. The fraction of sp³-hybridized carbons (Fsp3) is 0.208. The third-order valence-corrected chi connectivity index (χ3v) is 6.84. The topological polar surface area (TPSA) is 62.1 Å². The Balaban J connectivity index is 1.32. The molecule has 3 aromatic carbocycles. The van der Waals surface area contributed by atoms with E-state index in [4.69, 9.17) is 16.9 Å². The molecule has 0 saturated carbocycles. The van der Waals surface area contributed by atoms with Gasteiger partial charge in [0, 0.05) is 25.7 Å². The van der Waals surface area contributed by atoms with Gasteiger partial charge in [-0.1, -0.05) is 66.2 Å². The minimum atomic E-state index is -1.37. The Morgan fingerprint density at radius 2 is 1.80 bits per heavy atom. The Bertz CT molecular complexity index is 1040. The van der Waals surface area contributed by atoms with E-state index < -0.39 is 11.4 Å². The van der Waals surface area contributed by atoms with Crippen molar-refractivity contribution in [2.45, 2.75) is 23.9 Å². The van der Waals surface area contributed by atoms with Crippen LogP contribution in [-0.4, -0.2) is 28.6 Å². The van der Waals surface area contributed by atoms with Crippen molar-refractivity contribution in [1.29, 1.82) is 5.26 Å². The van der Waals surface area contributed by atoms with E-state index in [2.05, 4.69) is 58.2 Å². The number of benzene rings is 3. The van der Waals surface area contributed by atoms with E-state index in [1.54, 1.807) is 18.2 Å². The van der Waals surface area contributed by atoms with E-state index in [0.29, 0.717) is 15.5 Å². The van der Waals surface area contributed by atoms with E-state index in [1.807, 2.05) is 12.1 Å². The van der Waals surface area contributed by atoms with Gasteiger partial charge in [0.1, 0.15) is 6.07 Å². The van der Waals surface area contributed by atoms with Crippen molar-refractivity contribution in [3.8, 4) is 17.2 Å². The van der Waals surface area contributed by atoms with Crippen LogP contribution >= 0.6 is 11.6 Å². The molecule has 152 valence electrons.